The third-order valence-corrected chi connectivity index (χ3v) is 6.53. The third-order valence-electron chi connectivity index (χ3n) is 6.53. The molecule has 0 radical (unpaired) electrons. The Hall–Kier alpha value is -5.30. The van der Waals surface area contributed by atoms with E-state index in [2.05, 4.69) is 43.3 Å². The Labute approximate surface area is 218 Å². The molecule has 0 amide bonds. The summed E-state index contributed by atoms with van der Waals surface area (Å²) in [4.78, 5) is 17.4. The second-order valence-electron chi connectivity index (χ2n) is 9.01. The van der Waals surface area contributed by atoms with Crippen LogP contribution in [-0.4, -0.2) is 30.1 Å². The van der Waals surface area contributed by atoms with Crippen LogP contribution in [-0.2, 0) is 6.61 Å². The predicted octanol–water partition coefficient (Wildman–Crippen LogP) is 6.81. The van der Waals surface area contributed by atoms with Crippen LogP contribution < -0.4 is 4.74 Å². The summed E-state index contributed by atoms with van der Waals surface area (Å²) in [7, 11) is 0. The highest BCUT2D eigenvalue weighted by Gasteiger charge is 2.16. The molecule has 182 valence electrons. The molecular weight excluding hydrogens is 472 g/mol. The Kier molecular flexibility index (Phi) is 5.37. The van der Waals surface area contributed by atoms with E-state index in [1.54, 1.807) is 6.20 Å². The molecule has 0 bridgehead atoms. The number of rotatable bonds is 6. The lowest BCUT2D eigenvalue weighted by Crippen LogP contribution is -1.95. The molecule has 0 aliphatic rings. The molecule has 7 nitrogen and oxygen atoms in total. The smallest absolute Gasteiger partial charge is 0.135 e. The van der Waals surface area contributed by atoms with Gasteiger partial charge >= 0.3 is 0 Å². The van der Waals surface area contributed by atoms with E-state index >= 15 is 0 Å². The number of pyridine rings is 3. The lowest BCUT2D eigenvalue weighted by Gasteiger charge is -2.08. The lowest BCUT2D eigenvalue weighted by atomic mass is 10.1. The molecule has 2 N–H and O–H groups in total. The number of nitrogens with one attached hydrogen (secondary N) is 2. The van der Waals surface area contributed by atoms with E-state index in [-0.39, 0.29) is 0 Å². The first-order valence-electron chi connectivity index (χ1n) is 12.3. The summed E-state index contributed by atoms with van der Waals surface area (Å²) in [5.74, 6) is 0.797. The second-order valence-corrected chi connectivity index (χ2v) is 9.01. The SMILES string of the molecule is c1ccc(COc2cccc(-c3ccc4[nH]nc(-c5cc6c(-c7ccccn7)cncc6[nH]5)c4n3)c2)cc1. The van der Waals surface area contributed by atoms with Crippen LogP contribution in [0, 0.1) is 0 Å². The Morgan fingerprint density at radius 3 is 2.58 bits per heavy atom. The molecule has 0 saturated carbocycles. The van der Waals surface area contributed by atoms with Crippen molar-refractivity contribution in [3.63, 3.8) is 0 Å². The summed E-state index contributed by atoms with van der Waals surface area (Å²) in [6.07, 6.45) is 5.45. The lowest BCUT2D eigenvalue weighted by molar-refractivity contribution is 0.306. The first-order valence-corrected chi connectivity index (χ1v) is 12.3. The van der Waals surface area contributed by atoms with Gasteiger partial charge in [0.05, 0.1) is 34.3 Å². The van der Waals surface area contributed by atoms with E-state index in [0.717, 1.165) is 67.2 Å². The zero-order valence-electron chi connectivity index (χ0n) is 20.3. The monoisotopic (exact) mass is 494 g/mol. The van der Waals surface area contributed by atoms with Crippen LogP contribution in [0.1, 0.15) is 5.56 Å². The summed E-state index contributed by atoms with van der Waals surface area (Å²) >= 11 is 0. The van der Waals surface area contributed by atoms with Gasteiger partial charge in [0.15, 0.2) is 0 Å². The van der Waals surface area contributed by atoms with Gasteiger partial charge in [0.2, 0.25) is 0 Å². The average Bonchev–Trinajstić information content (AvgIpc) is 3.61. The van der Waals surface area contributed by atoms with Crippen LogP contribution in [0.2, 0.25) is 0 Å². The van der Waals surface area contributed by atoms with Gasteiger partial charge in [0, 0.05) is 28.9 Å². The van der Waals surface area contributed by atoms with Crippen molar-refractivity contribution < 1.29 is 4.74 Å². The fourth-order valence-corrected chi connectivity index (χ4v) is 4.64. The number of benzene rings is 2. The number of aromatic nitrogens is 6. The van der Waals surface area contributed by atoms with Gasteiger partial charge in [0.25, 0.3) is 0 Å². The van der Waals surface area contributed by atoms with Crippen molar-refractivity contribution in [2.45, 2.75) is 6.61 Å². The molecule has 0 fully saturated rings. The molecule has 7 aromatic rings. The first kappa shape index (κ1) is 21.9. The van der Waals surface area contributed by atoms with Crippen LogP contribution >= 0.6 is 0 Å². The normalized spacial score (nSPS) is 11.3. The number of nitrogens with zero attached hydrogens (tertiary/aromatic N) is 4. The number of hydrogen-bond acceptors (Lipinski definition) is 5. The topological polar surface area (TPSA) is 92.4 Å². The molecule has 5 aromatic heterocycles. The molecule has 0 aliphatic heterocycles. The Balaban J connectivity index is 1.24. The van der Waals surface area contributed by atoms with E-state index in [9.17, 15) is 0 Å². The molecular formula is C31H22N6O. The molecule has 0 saturated heterocycles. The number of fused-ring (bicyclic) bond motifs is 2. The van der Waals surface area contributed by atoms with Gasteiger partial charge in [-0.05, 0) is 48.0 Å². The zero-order chi connectivity index (χ0) is 25.3. The van der Waals surface area contributed by atoms with Gasteiger partial charge in [-0.1, -0.05) is 48.5 Å². The molecule has 0 atom stereocenters. The fraction of sp³-hybridized carbons (Fsp3) is 0.0323. The van der Waals surface area contributed by atoms with Crippen LogP contribution in [0.3, 0.4) is 0 Å². The molecule has 7 heteroatoms. The minimum atomic E-state index is 0.512. The molecule has 0 unspecified atom stereocenters. The van der Waals surface area contributed by atoms with E-state index in [1.165, 1.54) is 0 Å². The number of aromatic amines is 2. The van der Waals surface area contributed by atoms with Crippen molar-refractivity contribution in [1.29, 1.82) is 0 Å². The average molecular weight is 495 g/mol. The van der Waals surface area contributed by atoms with E-state index in [0.29, 0.717) is 6.61 Å². The van der Waals surface area contributed by atoms with E-state index in [1.807, 2.05) is 85.2 Å². The maximum Gasteiger partial charge on any atom is 0.135 e. The molecule has 0 aliphatic carbocycles. The van der Waals surface area contributed by atoms with Crippen LogP contribution in [0.5, 0.6) is 5.75 Å². The summed E-state index contributed by atoms with van der Waals surface area (Å²) in [6.45, 7) is 0.512. The third kappa shape index (κ3) is 4.06. The maximum absolute atomic E-state index is 6.04. The molecule has 7 rings (SSSR count). The summed E-state index contributed by atoms with van der Waals surface area (Å²) in [5.41, 5.74) is 8.96. The van der Waals surface area contributed by atoms with Crippen LogP contribution in [0.25, 0.3) is 55.8 Å². The highest BCUT2D eigenvalue weighted by molar-refractivity contribution is 5.99. The van der Waals surface area contributed by atoms with Crippen molar-refractivity contribution in [2.75, 3.05) is 0 Å². The standard InChI is InChI=1S/C31H22N6O/c1-2-7-20(8-3-1)19-38-22-10-6-9-21(15-22)25-12-13-27-30(35-25)31(37-36-27)28-16-23-24(17-32-18-29(23)34-28)26-11-4-5-14-33-26/h1-18,34H,19H2,(H,36,37). The maximum atomic E-state index is 6.04. The quantitative estimate of drug-likeness (QED) is 0.265. The van der Waals surface area contributed by atoms with Crippen LogP contribution in [0.15, 0.2) is 110 Å². The number of H-pyrrole nitrogens is 2. The molecule has 38 heavy (non-hydrogen) atoms. The summed E-state index contributed by atoms with van der Waals surface area (Å²) < 4.78 is 6.04. The van der Waals surface area contributed by atoms with Gasteiger partial charge < -0.3 is 9.72 Å². The molecule has 0 spiro atoms. The van der Waals surface area contributed by atoms with Crippen molar-refractivity contribution in [2.24, 2.45) is 0 Å². The van der Waals surface area contributed by atoms with E-state index < -0.39 is 0 Å². The Morgan fingerprint density at radius 2 is 1.68 bits per heavy atom. The van der Waals surface area contributed by atoms with Crippen molar-refractivity contribution in [3.05, 3.63) is 115 Å². The van der Waals surface area contributed by atoms with Crippen molar-refractivity contribution >= 4 is 21.9 Å². The van der Waals surface area contributed by atoms with Crippen LogP contribution in [0.4, 0.5) is 0 Å². The summed E-state index contributed by atoms with van der Waals surface area (Å²) in [5, 5.41) is 8.75. The number of hydrogen-bond donors (Lipinski definition) is 2. The van der Waals surface area contributed by atoms with Crippen molar-refractivity contribution in [1.82, 2.24) is 30.1 Å². The number of ether oxygens (including phenoxy) is 1. The molecule has 5 heterocycles. The predicted molar refractivity (Wildman–Crippen MR) is 148 cm³/mol. The Bertz CT molecular complexity index is 1880. The highest BCUT2D eigenvalue weighted by atomic mass is 16.5. The van der Waals surface area contributed by atoms with E-state index in [4.69, 9.17) is 9.72 Å². The van der Waals surface area contributed by atoms with Gasteiger partial charge in [0.1, 0.15) is 23.6 Å². The fourth-order valence-electron chi connectivity index (χ4n) is 4.64. The van der Waals surface area contributed by atoms with Gasteiger partial charge in [-0.3, -0.25) is 15.1 Å². The minimum absolute atomic E-state index is 0.512. The van der Waals surface area contributed by atoms with Gasteiger partial charge in [-0.15, -0.1) is 0 Å². The second kappa shape index (κ2) is 9.29. The van der Waals surface area contributed by atoms with Crippen molar-refractivity contribution in [3.8, 4) is 39.7 Å². The first-order chi connectivity index (χ1) is 18.8. The zero-order valence-corrected chi connectivity index (χ0v) is 20.3. The van der Waals surface area contributed by atoms with Gasteiger partial charge in [-0.2, -0.15) is 5.10 Å². The Morgan fingerprint density at radius 1 is 0.763 bits per heavy atom. The minimum Gasteiger partial charge on any atom is -0.489 e. The van der Waals surface area contributed by atoms with Gasteiger partial charge in [-0.25, -0.2) is 4.98 Å². The summed E-state index contributed by atoms with van der Waals surface area (Å²) in [6, 6.07) is 30.1. The largest absolute Gasteiger partial charge is 0.489 e. The highest BCUT2D eigenvalue weighted by Crippen LogP contribution is 2.33. The molecule has 2 aromatic carbocycles.